The summed E-state index contributed by atoms with van der Waals surface area (Å²) in [6, 6.07) is 5.12. The maximum Gasteiger partial charge on any atom is 0.269 e. The molecule has 1 fully saturated rings. The molecule has 0 saturated carbocycles. The number of fused-ring (bicyclic) bond motifs is 1. The highest BCUT2D eigenvalue weighted by Gasteiger charge is 2.38. The lowest BCUT2D eigenvalue weighted by atomic mass is 9.86. The van der Waals surface area contributed by atoms with Gasteiger partial charge in [-0.2, -0.15) is 0 Å². The Bertz CT molecular complexity index is 467. The number of hydrogen-bond acceptors (Lipinski definition) is 4. The van der Waals surface area contributed by atoms with Crippen molar-refractivity contribution in [2.75, 3.05) is 18.4 Å². The number of benzene rings is 1. The molecule has 0 unspecified atom stereocenters. The smallest absolute Gasteiger partial charge is 0.269 e. The maximum atomic E-state index is 10.7. The molecule has 5 heteroatoms. The van der Waals surface area contributed by atoms with Gasteiger partial charge in [0.15, 0.2) is 0 Å². The molecule has 0 radical (unpaired) electrons. The standard InChI is InChI=1S/C12H15N3O2/c16-15(17)10-1-2-11-9(7-10)8-12(14-11)3-5-13-6-4-12/h1-2,7,13-14H,3-6,8H2. The molecule has 2 aliphatic rings. The van der Waals surface area contributed by atoms with Crippen LogP contribution in [0.2, 0.25) is 0 Å². The summed E-state index contributed by atoms with van der Waals surface area (Å²) in [7, 11) is 0. The zero-order chi connectivity index (χ0) is 11.9. The van der Waals surface area contributed by atoms with E-state index in [1.807, 2.05) is 6.07 Å². The highest BCUT2D eigenvalue weighted by atomic mass is 16.6. The van der Waals surface area contributed by atoms with Gasteiger partial charge in [0.1, 0.15) is 0 Å². The maximum absolute atomic E-state index is 10.7. The molecule has 0 amide bonds. The average molecular weight is 233 g/mol. The zero-order valence-electron chi connectivity index (χ0n) is 9.53. The van der Waals surface area contributed by atoms with E-state index in [4.69, 9.17) is 0 Å². The van der Waals surface area contributed by atoms with Gasteiger partial charge in [-0.05, 0) is 44.0 Å². The van der Waals surface area contributed by atoms with Gasteiger partial charge < -0.3 is 10.6 Å². The first kappa shape index (κ1) is 10.5. The Balaban J connectivity index is 1.89. The number of non-ortho nitro benzene ring substituents is 1. The van der Waals surface area contributed by atoms with Crippen LogP contribution in [0, 0.1) is 10.1 Å². The second-order valence-corrected chi connectivity index (χ2v) is 4.93. The summed E-state index contributed by atoms with van der Waals surface area (Å²) in [6.07, 6.45) is 3.07. The van der Waals surface area contributed by atoms with Crippen molar-refractivity contribution in [2.45, 2.75) is 24.8 Å². The molecule has 0 aromatic heterocycles. The summed E-state index contributed by atoms with van der Waals surface area (Å²) in [4.78, 5) is 10.4. The summed E-state index contributed by atoms with van der Waals surface area (Å²) >= 11 is 0. The van der Waals surface area contributed by atoms with Gasteiger partial charge in [0, 0.05) is 23.4 Å². The third kappa shape index (κ3) is 1.76. The molecule has 3 rings (SSSR count). The molecule has 2 heterocycles. The Morgan fingerprint density at radius 2 is 2.06 bits per heavy atom. The summed E-state index contributed by atoms with van der Waals surface area (Å²) < 4.78 is 0. The Morgan fingerprint density at radius 1 is 1.29 bits per heavy atom. The van der Waals surface area contributed by atoms with Gasteiger partial charge in [0.2, 0.25) is 0 Å². The molecule has 2 aliphatic heterocycles. The first-order valence-corrected chi connectivity index (χ1v) is 5.95. The monoisotopic (exact) mass is 233 g/mol. The zero-order valence-corrected chi connectivity index (χ0v) is 9.53. The quantitative estimate of drug-likeness (QED) is 0.572. The van der Waals surface area contributed by atoms with Gasteiger partial charge >= 0.3 is 0 Å². The summed E-state index contributed by atoms with van der Waals surface area (Å²) in [5.41, 5.74) is 2.47. The number of piperidine rings is 1. The molecule has 90 valence electrons. The summed E-state index contributed by atoms with van der Waals surface area (Å²) in [5.74, 6) is 0. The first-order chi connectivity index (χ1) is 8.19. The number of nitrogens with zero attached hydrogens (tertiary/aromatic N) is 1. The Labute approximate surface area is 99.4 Å². The molecule has 5 nitrogen and oxygen atoms in total. The van der Waals surface area contributed by atoms with Gasteiger partial charge in [-0.3, -0.25) is 10.1 Å². The second-order valence-electron chi connectivity index (χ2n) is 4.93. The lowest BCUT2D eigenvalue weighted by molar-refractivity contribution is -0.384. The molecule has 1 aromatic carbocycles. The number of nitrogens with one attached hydrogen (secondary N) is 2. The van der Waals surface area contributed by atoms with E-state index >= 15 is 0 Å². The third-order valence-electron chi connectivity index (χ3n) is 3.79. The van der Waals surface area contributed by atoms with Gasteiger partial charge in [0.05, 0.1) is 4.92 Å². The van der Waals surface area contributed by atoms with E-state index in [0.29, 0.717) is 0 Å². The molecule has 2 N–H and O–H groups in total. The van der Waals surface area contributed by atoms with E-state index < -0.39 is 0 Å². The van der Waals surface area contributed by atoms with Gasteiger partial charge in [-0.25, -0.2) is 0 Å². The van der Waals surface area contributed by atoms with Crippen LogP contribution in [0.25, 0.3) is 0 Å². The van der Waals surface area contributed by atoms with Crippen molar-refractivity contribution in [3.63, 3.8) is 0 Å². The summed E-state index contributed by atoms with van der Waals surface area (Å²) in [6.45, 7) is 2.03. The minimum Gasteiger partial charge on any atom is -0.379 e. The molecular weight excluding hydrogens is 218 g/mol. The molecule has 0 aliphatic carbocycles. The fourth-order valence-electron chi connectivity index (χ4n) is 2.86. The van der Waals surface area contributed by atoms with E-state index in [-0.39, 0.29) is 16.1 Å². The van der Waals surface area contributed by atoms with Crippen molar-refractivity contribution < 1.29 is 4.92 Å². The number of nitro groups is 1. The van der Waals surface area contributed by atoms with E-state index in [0.717, 1.165) is 43.6 Å². The first-order valence-electron chi connectivity index (χ1n) is 5.95. The highest BCUT2D eigenvalue weighted by Crippen LogP contribution is 2.39. The van der Waals surface area contributed by atoms with Crippen LogP contribution in [-0.4, -0.2) is 23.6 Å². The number of anilines is 1. The van der Waals surface area contributed by atoms with Gasteiger partial charge in [-0.1, -0.05) is 0 Å². The van der Waals surface area contributed by atoms with Crippen LogP contribution in [0.4, 0.5) is 11.4 Å². The van der Waals surface area contributed by atoms with E-state index in [1.165, 1.54) is 0 Å². The number of nitro benzene ring substituents is 1. The number of rotatable bonds is 1. The third-order valence-corrected chi connectivity index (χ3v) is 3.79. The normalized spacial score (nSPS) is 20.9. The fourth-order valence-corrected chi connectivity index (χ4v) is 2.86. The van der Waals surface area contributed by atoms with Crippen molar-refractivity contribution in [1.82, 2.24) is 5.32 Å². The molecule has 1 aromatic rings. The largest absolute Gasteiger partial charge is 0.379 e. The van der Waals surface area contributed by atoms with Crippen LogP contribution in [-0.2, 0) is 6.42 Å². The van der Waals surface area contributed by atoms with Crippen molar-refractivity contribution in [3.8, 4) is 0 Å². The van der Waals surface area contributed by atoms with Crippen LogP contribution in [0.5, 0.6) is 0 Å². The van der Waals surface area contributed by atoms with E-state index in [2.05, 4.69) is 10.6 Å². The Morgan fingerprint density at radius 3 is 2.76 bits per heavy atom. The summed E-state index contributed by atoms with van der Waals surface area (Å²) in [5, 5.41) is 17.6. The predicted octanol–water partition coefficient (Wildman–Crippen LogP) is 1.68. The van der Waals surface area contributed by atoms with E-state index in [9.17, 15) is 10.1 Å². The SMILES string of the molecule is O=[N+]([O-])c1ccc2c(c1)CC1(CCNCC1)N2. The van der Waals surface area contributed by atoms with Gasteiger partial charge in [0.25, 0.3) is 5.69 Å². The fraction of sp³-hybridized carbons (Fsp3) is 0.500. The van der Waals surface area contributed by atoms with E-state index in [1.54, 1.807) is 12.1 Å². The van der Waals surface area contributed by atoms with Crippen LogP contribution in [0.3, 0.4) is 0 Å². The highest BCUT2D eigenvalue weighted by molar-refractivity contribution is 5.62. The average Bonchev–Trinajstić information content (AvgIpc) is 2.66. The van der Waals surface area contributed by atoms with Crippen LogP contribution < -0.4 is 10.6 Å². The lowest BCUT2D eigenvalue weighted by Crippen LogP contribution is -2.46. The second kappa shape index (κ2) is 3.70. The predicted molar refractivity (Wildman–Crippen MR) is 65.3 cm³/mol. The van der Waals surface area contributed by atoms with Gasteiger partial charge in [-0.15, -0.1) is 0 Å². The Kier molecular flexibility index (Phi) is 2.29. The Hall–Kier alpha value is -1.62. The van der Waals surface area contributed by atoms with Crippen molar-refractivity contribution in [2.24, 2.45) is 0 Å². The van der Waals surface area contributed by atoms with Crippen molar-refractivity contribution in [1.29, 1.82) is 0 Å². The number of hydrogen-bond donors (Lipinski definition) is 2. The molecule has 0 bridgehead atoms. The minimum atomic E-state index is -0.326. The molecule has 17 heavy (non-hydrogen) atoms. The molecule has 0 atom stereocenters. The topological polar surface area (TPSA) is 67.2 Å². The van der Waals surface area contributed by atoms with Crippen LogP contribution in [0.1, 0.15) is 18.4 Å². The molecule has 1 spiro atoms. The molecular formula is C12H15N3O2. The molecule has 1 saturated heterocycles. The van der Waals surface area contributed by atoms with Crippen molar-refractivity contribution >= 4 is 11.4 Å². The van der Waals surface area contributed by atoms with Crippen molar-refractivity contribution in [3.05, 3.63) is 33.9 Å². The van der Waals surface area contributed by atoms with Crippen LogP contribution in [0.15, 0.2) is 18.2 Å². The lowest BCUT2D eigenvalue weighted by Gasteiger charge is -2.34. The van der Waals surface area contributed by atoms with Crippen LogP contribution >= 0.6 is 0 Å². The minimum absolute atomic E-state index is 0.128.